The molecule has 2 heterocycles. The van der Waals surface area contributed by atoms with Gasteiger partial charge in [-0.1, -0.05) is 61.7 Å². The predicted molar refractivity (Wildman–Crippen MR) is 205 cm³/mol. The number of furan rings is 2. The number of hydrogen-bond donors (Lipinski definition) is 0. The van der Waals surface area contributed by atoms with Gasteiger partial charge in [0.1, 0.15) is 17.7 Å². The first-order valence-corrected chi connectivity index (χ1v) is 21.2. The third kappa shape index (κ3) is 13.0. The molecule has 388 valence electrons. The van der Waals surface area contributed by atoms with Crippen LogP contribution < -0.4 is 43.1 Å². The molecule has 2 nitrogen and oxygen atoms in total. The first-order chi connectivity index (χ1) is 32.6. The smallest absolute Gasteiger partial charge is 0.419 e. The van der Waals surface area contributed by atoms with Gasteiger partial charge in [-0.05, 0) is 48.6 Å². The number of rotatable bonds is 8. The van der Waals surface area contributed by atoms with Gasteiger partial charge in [0.15, 0.2) is 0 Å². The van der Waals surface area contributed by atoms with Crippen molar-refractivity contribution in [1.29, 1.82) is 0 Å². The molecular formula is C44H22BF24IO2. The van der Waals surface area contributed by atoms with Gasteiger partial charge in [-0.15, -0.1) is 0 Å². The molecule has 6 rings (SSSR count). The molecule has 0 saturated heterocycles. The Hall–Kier alpha value is -5.97. The van der Waals surface area contributed by atoms with E-state index in [9.17, 15) is 105 Å². The van der Waals surface area contributed by atoms with E-state index in [1.807, 2.05) is 24.3 Å². The van der Waals surface area contributed by atoms with E-state index in [4.69, 9.17) is 8.83 Å². The summed E-state index contributed by atoms with van der Waals surface area (Å²) in [5, 5.41) is 0. The third-order valence-corrected chi connectivity index (χ3v) is 12.4. The Bertz CT molecular complexity index is 2460. The molecule has 0 saturated carbocycles. The van der Waals surface area contributed by atoms with Crippen LogP contribution in [-0.4, -0.2) is 6.15 Å². The zero-order chi connectivity index (χ0) is 54.6. The summed E-state index contributed by atoms with van der Waals surface area (Å²) in [6.07, 6.45) is -51.4. The summed E-state index contributed by atoms with van der Waals surface area (Å²) in [7, 11) is 0. The summed E-state index contributed by atoms with van der Waals surface area (Å²) in [5.41, 5.74) is -30.2. The minimum atomic E-state index is -6.13. The van der Waals surface area contributed by atoms with Crippen LogP contribution in [0.2, 0.25) is 0 Å². The van der Waals surface area contributed by atoms with E-state index < -0.39 is 195 Å². The zero-order valence-corrected chi connectivity index (χ0v) is 36.8. The molecule has 4 aromatic carbocycles. The highest BCUT2D eigenvalue weighted by Crippen LogP contribution is 2.41. The molecular weight excluding hydrogens is 1150 g/mol. The van der Waals surface area contributed by atoms with E-state index in [1.165, 1.54) is 0 Å². The highest BCUT2D eigenvalue weighted by Gasteiger charge is 2.47. The summed E-state index contributed by atoms with van der Waals surface area (Å²) in [6.45, 7) is 7.30. The lowest BCUT2D eigenvalue weighted by Crippen LogP contribution is -3.61. The molecule has 0 amide bonds. The lowest BCUT2D eigenvalue weighted by Gasteiger charge is -2.46. The first-order valence-electron chi connectivity index (χ1n) is 19.0. The molecule has 0 bridgehead atoms. The van der Waals surface area contributed by atoms with Crippen molar-refractivity contribution in [3.8, 4) is 0 Å². The lowest BCUT2D eigenvalue weighted by atomic mass is 9.12. The van der Waals surface area contributed by atoms with Crippen LogP contribution in [0.3, 0.4) is 0 Å². The normalized spacial score (nSPS) is 13.4. The van der Waals surface area contributed by atoms with Crippen LogP contribution in [0.5, 0.6) is 0 Å². The van der Waals surface area contributed by atoms with Crippen LogP contribution in [0.1, 0.15) is 56.0 Å². The molecule has 6 aromatic rings. The van der Waals surface area contributed by atoms with Gasteiger partial charge in [-0.25, -0.2) is 0 Å². The summed E-state index contributed by atoms with van der Waals surface area (Å²) in [4.78, 5) is 0. The predicted octanol–water partition coefficient (Wildman–Crippen LogP) is 11.5. The molecule has 0 radical (unpaired) electrons. The van der Waals surface area contributed by atoms with Gasteiger partial charge >= 0.3 is 78.1 Å². The van der Waals surface area contributed by atoms with Crippen molar-refractivity contribution in [1.82, 2.24) is 0 Å². The molecule has 0 unspecified atom stereocenters. The maximum Gasteiger partial charge on any atom is 0.443 e. The van der Waals surface area contributed by atoms with E-state index in [0.717, 1.165) is 19.1 Å². The van der Waals surface area contributed by atoms with E-state index in [1.54, 1.807) is 12.2 Å². The Morgan fingerprint density at radius 2 is 0.486 bits per heavy atom. The second kappa shape index (κ2) is 19.5. The Balaban J connectivity index is 0.000000542. The van der Waals surface area contributed by atoms with E-state index in [2.05, 4.69) is 13.2 Å². The fraction of sp³-hybridized carbons (Fsp3) is 0.182. The second-order valence-corrected chi connectivity index (χ2v) is 17.7. The van der Waals surface area contributed by atoms with Crippen LogP contribution >= 0.6 is 0 Å². The minimum absolute atomic E-state index is 0.371. The average molecular weight is 1180 g/mol. The summed E-state index contributed by atoms with van der Waals surface area (Å²) in [5.74, 6) is 1.61. The van der Waals surface area contributed by atoms with Gasteiger partial charge in [-0.2, -0.15) is 127 Å². The van der Waals surface area contributed by atoms with E-state index in [-0.39, 0.29) is 21.2 Å². The number of hydrogen-bond acceptors (Lipinski definition) is 2. The molecule has 0 fully saturated rings. The van der Waals surface area contributed by atoms with Crippen molar-refractivity contribution in [3.05, 3.63) is 174 Å². The molecule has 28 heteroatoms. The molecule has 0 N–H and O–H groups in total. The largest absolute Gasteiger partial charge is 0.443 e. The van der Waals surface area contributed by atoms with Crippen molar-refractivity contribution in [2.75, 3.05) is 0 Å². The van der Waals surface area contributed by atoms with Crippen LogP contribution in [0.25, 0.3) is 12.2 Å². The standard InChI is InChI=1S/C32H12BF24.C12H10IO2/c34-25(35,36)13-1-14(26(37,38)39)6-21(5-13)33(22-7-15(27(40,41)42)2-16(8-22)28(43,44)45,23-9-17(29(46,47)48)3-18(10-23)30(49,50)51)24-11-19(31(52,53)54)4-20(12-24)32(55,56)57;1-3-9-5-7-11(14-9)13-12-8-6-10(4-2)15-12/h1-12H;3-8H,1-2H2/q-1;+1. The average Bonchev–Trinajstić information content (AvgIpc) is 3.91. The highest BCUT2D eigenvalue weighted by atomic mass is 127. The maximum atomic E-state index is 14.2. The fourth-order valence-corrected chi connectivity index (χ4v) is 9.11. The van der Waals surface area contributed by atoms with Crippen molar-refractivity contribution in [3.63, 3.8) is 0 Å². The van der Waals surface area contributed by atoms with Crippen molar-refractivity contribution in [2.45, 2.75) is 49.4 Å². The van der Waals surface area contributed by atoms with Crippen molar-refractivity contribution < 1.29 is 135 Å². The maximum absolute atomic E-state index is 14.2. The summed E-state index contributed by atoms with van der Waals surface area (Å²) in [6, 6.07) is -1.03. The lowest BCUT2D eigenvalue weighted by molar-refractivity contribution is -0.636. The number of benzene rings is 4. The van der Waals surface area contributed by atoms with Crippen molar-refractivity contribution >= 4 is 40.1 Å². The quantitative estimate of drug-likeness (QED) is 0.0862. The van der Waals surface area contributed by atoms with Crippen molar-refractivity contribution in [2.24, 2.45) is 0 Å². The summed E-state index contributed by atoms with van der Waals surface area (Å²) >= 11 is -0.371. The van der Waals surface area contributed by atoms with Crippen LogP contribution in [0.15, 0.2) is 119 Å². The molecule has 0 aliphatic rings. The Morgan fingerprint density at radius 3 is 0.625 bits per heavy atom. The van der Waals surface area contributed by atoms with Gasteiger partial charge in [0.25, 0.3) is 0 Å². The summed E-state index contributed by atoms with van der Waals surface area (Å²) < 4.78 is 354. The number of halogens is 25. The molecule has 0 aliphatic heterocycles. The Morgan fingerprint density at radius 1 is 0.306 bits per heavy atom. The van der Waals surface area contributed by atoms with E-state index >= 15 is 0 Å². The SMILES string of the molecule is C=Cc1ccc([I+]c2ccc(C=C)o2)o1.FC(F)(F)c1cc([B-](c2cc(C(F)(F)F)cc(C(F)(F)F)c2)(c2cc(C(F)(F)F)cc(C(F)(F)F)c2)c2cc(C(F)(F)F)cc(C(F)(F)F)c2)cc(C(F)(F)F)c1. The van der Waals surface area contributed by atoms with Gasteiger partial charge < -0.3 is 8.83 Å². The van der Waals surface area contributed by atoms with Crippen LogP contribution in [0.4, 0.5) is 105 Å². The molecule has 0 atom stereocenters. The van der Waals surface area contributed by atoms with Gasteiger partial charge in [0.2, 0.25) is 0 Å². The Kier molecular flexibility index (Phi) is 15.4. The van der Waals surface area contributed by atoms with Gasteiger partial charge in [-0.3, -0.25) is 0 Å². The topological polar surface area (TPSA) is 26.3 Å². The first kappa shape index (κ1) is 56.9. The van der Waals surface area contributed by atoms with E-state index in [0.29, 0.717) is 0 Å². The molecule has 0 spiro atoms. The minimum Gasteiger partial charge on any atom is -0.419 e. The zero-order valence-electron chi connectivity index (χ0n) is 34.6. The number of alkyl halides is 24. The third-order valence-electron chi connectivity index (χ3n) is 10.2. The highest BCUT2D eigenvalue weighted by molar-refractivity contribution is 7.20. The van der Waals surface area contributed by atoms with Crippen LogP contribution in [0, 0.1) is 7.53 Å². The van der Waals surface area contributed by atoms with Gasteiger partial charge in [0, 0.05) is 12.1 Å². The fourth-order valence-electron chi connectivity index (χ4n) is 7.14. The molecule has 2 aromatic heterocycles. The monoisotopic (exact) mass is 1180 g/mol. The van der Waals surface area contributed by atoms with Crippen LogP contribution in [-0.2, 0) is 49.4 Å². The Labute approximate surface area is 397 Å². The van der Waals surface area contributed by atoms with Gasteiger partial charge in [0.05, 0.1) is 44.5 Å². The molecule has 0 aliphatic carbocycles. The molecule has 72 heavy (non-hydrogen) atoms. The second-order valence-electron chi connectivity index (χ2n) is 15.0.